The first-order chi connectivity index (χ1) is 11.2. The second kappa shape index (κ2) is 6.83. The van der Waals surface area contributed by atoms with Crippen molar-refractivity contribution in [3.63, 3.8) is 0 Å². The summed E-state index contributed by atoms with van der Waals surface area (Å²) in [6, 6.07) is 13.3. The van der Waals surface area contributed by atoms with Crippen molar-refractivity contribution in [3.05, 3.63) is 60.3 Å². The Bertz CT molecular complexity index is 755. The zero-order chi connectivity index (χ0) is 16.1. The van der Waals surface area contributed by atoms with Gasteiger partial charge in [-0.15, -0.1) is 0 Å². The topological polar surface area (TPSA) is 72.2 Å². The highest BCUT2D eigenvalue weighted by atomic mass is 16.5. The number of methoxy groups -OCH3 is 1. The summed E-state index contributed by atoms with van der Waals surface area (Å²) >= 11 is 0. The van der Waals surface area contributed by atoms with Crippen LogP contribution in [0.1, 0.15) is 11.6 Å². The Morgan fingerprint density at radius 1 is 1.09 bits per heavy atom. The Morgan fingerprint density at radius 2 is 1.87 bits per heavy atom. The number of nitrogens with zero attached hydrogens (tertiary/aromatic N) is 2. The van der Waals surface area contributed by atoms with Crippen molar-refractivity contribution < 1.29 is 9.15 Å². The molecule has 23 heavy (non-hydrogen) atoms. The number of aryl methyl sites for hydroxylation is 1. The highest BCUT2D eigenvalue weighted by Crippen LogP contribution is 2.20. The number of furan rings is 1. The van der Waals surface area contributed by atoms with Crippen LogP contribution < -0.4 is 15.4 Å². The monoisotopic (exact) mass is 310 g/mol. The predicted octanol–water partition coefficient (Wildman–Crippen LogP) is 3.74. The van der Waals surface area contributed by atoms with Gasteiger partial charge in [0, 0.05) is 11.8 Å². The van der Waals surface area contributed by atoms with Crippen LogP contribution in [-0.4, -0.2) is 17.1 Å². The Kier molecular flexibility index (Phi) is 4.42. The van der Waals surface area contributed by atoms with Gasteiger partial charge < -0.3 is 19.8 Å². The summed E-state index contributed by atoms with van der Waals surface area (Å²) in [6.45, 7) is 2.43. The lowest BCUT2D eigenvalue weighted by molar-refractivity contribution is 0.415. The molecule has 0 spiro atoms. The van der Waals surface area contributed by atoms with E-state index in [1.54, 1.807) is 13.4 Å². The maximum absolute atomic E-state index is 5.30. The summed E-state index contributed by atoms with van der Waals surface area (Å²) in [6.07, 6.45) is 1.65. The molecule has 0 bridgehead atoms. The van der Waals surface area contributed by atoms with E-state index in [9.17, 15) is 0 Å². The molecule has 0 atom stereocenters. The molecule has 0 unspecified atom stereocenters. The van der Waals surface area contributed by atoms with Crippen molar-refractivity contribution in [1.82, 2.24) is 9.97 Å². The maximum Gasteiger partial charge on any atom is 0.136 e. The van der Waals surface area contributed by atoms with Crippen LogP contribution in [0, 0.1) is 6.92 Å². The van der Waals surface area contributed by atoms with Gasteiger partial charge in [0.05, 0.1) is 19.9 Å². The number of hydrogen-bond acceptors (Lipinski definition) is 6. The number of nitrogens with one attached hydrogen (secondary N) is 2. The molecular weight excluding hydrogens is 292 g/mol. The van der Waals surface area contributed by atoms with E-state index in [1.165, 1.54) is 0 Å². The Morgan fingerprint density at radius 3 is 2.57 bits per heavy atom. The van der Waals surface area contributed by atoms with Gasteiger partial charge in [0.2, 0.25) is 0 Å². The van der Waals surface area contributed by atoms with Gasteiger partial charge in [-0.05, 0) is 43.3 Å². The van der Waals surface area contributed by atoms with E-state index in [1.807, 2.05) is 49.4 Å². The molecule has 2 heterocycles. The van der Waals surface area contributed by atoms with Crippen molar-refractivity contribution in [2.75, 3.05) is 17.7 Å². The third kappa shape index (κ3) is 4.00. The van der Waals surface area contributed by atoms with Gasteiger partial charge in [0.15, 0.2) is 0 Å². The molecule has 3 aromatic rings. The first-order valence-electron chi connectivity index (χ1n) is 7.26. The molecule has 118 valence electrons. The summed E-state index contributed by atoms with van der Waals surface area (Å²) in [5.41, 5.74) is 0.931. The molecular formula is C17H18N4O2. The number of rotatable bonds is 6. The minimum Gasteiger partial charge on any atom is -0.497 e. The first-order valence-corrected chi connectivity index (χ1v) is 7.26. The van der Waals surface area contributed by atoms with Crippen LogP contribution in [0.25, 0.3) is 0 Å². The van der Waals surface area contributed by atoms with E-state index in [4.69, 9.17) is 9.15 Å². The van der Waals surface area contributed by atoms with Crippen LogP contribution in [0.15, 0.2) is 53.1 Å². The molecule has 0 radical (unpaired) electrons. The molecule has 0 amide bonds. The number of ether oxygens (including phenoxy) is 1. The molecule has 2 aromatic heterocycles. The van der Waals surface area contributed by atoms with E-state index in [0.717, 1.165) is 28.8 Å². The van der Waals surface area contributed by atoms with Crippen molar-refractivity contribution >= 4 is 17.3 Å². The summed E-state index contributed by atoms with van der Waals surface area (Å²) in [5.74, 6) is 3.82. The van der Waals surface area contributed by atoms with Gasteiger partial charge in [-0.25, -0.2) is 9.97 Å². The number of hydrogen-bond donors (Lipinski definition) is 2. The van der Waals surface area contributed by atoms with E-state index < -0.39 is 0 Å². The lowest BCUT2D eigenvalue weighted by Crippen LogP contribution is -2.04. The summed E-state index contributed by atoms with van der Waals surface area (Å²) in [4.78, 5) is 8.78. The molecule has 0 saturated heterocycles. The molecule has 0 aliphatic carbocycles. The molecule has 3 rings (SSSR count). The second-order valence-corrected chi connectivity index (χ2v) is 4.97. The van der Waals surface area contributed by atoms with Crippen LogP contribution >= 0.6 is 0 Å². The largest absolute Gasteiger partial charge is 0.497 e. The highest BCUT2D eigenvalue weighted by Gasteiger charge is 2.04. The lowest BCUT2D eigenvalue weighted by Gasteiger charge is -2.10. The van der Waals surface area contributed by atoms with Gasteiger partial charge in [-0.3, -0.25) is 0 Å². The fraction of sp³-hybridized carbons (Fsp3) is 0.176. The zero-order valence-electron chi connectivity index (χ0n) is 13.0. The van der Waals surface area contributed by atoms with Gasteiger partial charge in [0.25, 0.3) is 0 Å². The average molecular weight is 310 g/mol. The van der Waals surface area contributed by atoms with Gasteiger partial charge >= 0.3 is 0 Å². The molecule has 0 aliphatic rings. The van der Waals surface area contributed by atoms with E-state index in [0.29, 0.717) is 12.4 Å². The molecule has 6 nitrogen and oxygen atoms in total. The van der Waals surface area contributed by atoms with Crippen molar-refractivity contribution in [2.45, 2.75) is 13.5 Å². The minimum atomic E-state index is 0.575. The van der Waals surface area contributed by atoms with Crippen LogP contribution in [0.2, 0.25) is 0 Å². The fourth-order valence-electron chi connectivity index (χ4n) is 2.14. The lowest BCUT2D eigenvalue weighted by atomic mass is 10.3. The smallest absolute Gasteiger partial charge is 0.136 e. The van der Waals surface area contributed by atoms with E-state index >= 15 is 0 Å². The summed E-state index contributed by atoms with van der Waals surface area (Å²) < 4.78 is 10.5. The Hall–Kier alpha value is -3.02. The summed E-state index contributed by atoms with van der Waals surface area (Å²) in [5, 5.41) is 6.49. The third-order valence-electron chi connectivity index (χ3n) is 3.22. The first kappa shape index (κ1) is 14.9. The Balaban J connectivity index is 1.71. The van der Waals surface area contributed by atoms with Crippen molar-refractivity contribution in [1.29, 1.82) is 0 Å². The van der Waals surface area contributed by atoms with Gasteiger partial charge in [-0.1, -0.05) is 0 Å². The summed E-state index contributed by atoms with van der Waals surface area (Å²) in [7, 11) is 1.65. The van der Waals surface area contributed by atoms with Crippen LogP contribution in [0.5, 0.6) is 5.75 Å². The quantitative estimate of drug-likeness (QED) is 0.722. The van der Waals surface area contributed by atoms with E-state index in [-0.39, 0.29) is 0 Å². The van der Waals surface area contributed by atoms with Crippen LogP contribution in [0.4, 0.5) is 17.3 Å². The molecule has 2 N–H and O–H groups in total. The van der Waals surface area contributed by atoms with Crippen molar-refractivity contribution in [3.8, 4) is 5.75 Å². The van der Waals surface area contributed by atoms with Crippen LogP contribution in [0.3, 0.4) is 0 Å². The second-order valence-electron chi connectivity index (χ2n) is 4.97. The van der Waals surface area contributed by atoms with Gasteiger partial charge in [0.1, 0.15) is 29.0 Å². The molecule has 0 saturated carbocycles. The highest BCUT2D eigenvalue weighted by molar-refractivity contribution is 5.60. The minimum absolute atomic E-state index is 0.575. The fourth-order valence-corrected chi connectivity index (χ4v) is 2.14. The van der Waals surface area contributed by atoms with Crippen LogP contribution in [-0.2, 0) is 6.54 Å². The molecule has 0 aliphatic heterocycles. The molecule has 0 fully saturated rings. The normalized spacial score (nSPS) is 10.3. The number of anilines is 3. The standard InChI is InChI=1S/C17H18N4O2/c1-12-19-16(18-11-15-4-3-9-23-15)10-17(20-12)21-13-5-7-14(22-2)8-6-13/h3-10H,11H2,1-2H3,(H2,18,19,20,21). The molecule has 6 heteroatoms. The number of benzene rings is 1. The predicted molar refractivity (Wildman–Crippen MR) is 89.1 cm³/mol. The molecule has 1 aromatic carbocycles. The third-order valence-corrected chi connectivity index (χ3v) is 3.22. The SMILES string of the molecule is COc1ccc(Nc2cc(NCc3ccco3)nc(C)n2)cc1. The van der Waals surface area contributed by atoms with Crippen molar-refractivity contribution in [2.24, 2.45) is 0 Å². The Labute approximate surface area is 134 Å². The van der Waals surface area contributed by atoms with E-state index in [2.05, 4.69) is 20.6 Å². The number of aromatic nitrogens is 2. The maximum atomic E-state index is 5.30. The zero-order valence-corrected chi connectivity index (χ0v) is 13.0. The van der Waals surface area contributed by atoms with Gasteiger partial charge in [-0.2, -0.15) is 0 Å². The average Bonchev–Trinajstić information content (AvgIpc) is 3.07.